The Morgan fingerprint density at radius 2 is 1.90 bits per heavy atom. The molecule has 0 aromatic heterocycles. The minimum Gasteiger partial charge on any atom is -0.503 e. The quantitative estimate of drug-likeness (QED) is 0.534. The minimum atomic E-state index is -0.724. The van der Waals surface area contributed by atoms with Gasteiger partial charge in [0.15, 0.2) is 17.3 Å². The van der Waals surface area contributed by atoms with Gasteiger partial charge in [-0.15, -0.1) is 0 Å². The van der Waals surface area contributed by atoms with Gasteiger partial charge in [-0.3, -0.25) is 14.9 Å². The van der Waals surface area contributed by atoms with E-state index in [4.69, 9.17) is 4.74 Å². The number of imide groups is 1. The predicted octanol–water partition coefficient (Wildman–Crippen LogP) is 2.27. The van der Waals surface area contributed by atoms with Crippen molar-refractivity contribution in [1.29, 1.82) is 0 Å². The van der Waals surface area contributed by atoms with Gasteiger partial charge in [-0.1, -0.05) is 13.8 Å². The Bertz CT molecular complexity index is 971. The van der Waals surface area contributed by atoms with E-state index in [2.05, 4.69) is 31.9 Å². The van der Waals surface area contributed by atoms with Gasteiger partial charge in [0, 0.05) is 23.6 Å². The van der Waals surface area contributed by atoms with E-state index in [0.717, 1.165) is 5.70 Å². The molecular formula is C20H22BrN3O5. The summed E-state index contributed by atoms with van der Waals surface area (Å²) in [5.74, 6) is -1.63. The Morgan fingerprint density at radius 3 is 2.59 bits per heavy atom. The van der Waals surface area contributed by atoms with Crippen LogP contribution in [0.3, 0.4) is 0 Å². The highest BCUT2D eigenvalue weighted by molar-refractivity contribution is 9.10. The summed E-state index contributed by atoms with van der Waals surface area (Å²) in [4.78, 5) is 37.9. The maximum absolute atomic E-state index is 13.2. The molecule has 0 bridgehead atoms. The highest BCUT2D eigenvalue weighted by Crippen LogP contribution is 2.49. The molecule has 1 saturated heterocycles. The molecule has 3 atom stereocenters. The van der Waals surface area contributed by atoms with E-state index < -0.39 is 29.9 Å². The molecule has 8 nitrogen and oxygen atoms in total. The third kappa shape index (κ3) is 3.27. The monoisotopic (exact) mass is 463 g/mol. The van der Waals surface area contributed by atoms with E-state index in [0.29, 0.717) is 28.5 Å². The first-order valence-corrected chi connectivity index (χ1v) is 10.1. The van der Waals surface area contributed by atoms with Crippen molar-refractivity contribution < 1.29 is 24.2 Å². The second-order valence-corrected chi connectivity index (χ2v) is 9.33. The minimum absolute atomic E-state index is 0.0277. The summed E-state index contributed by atoms with van der Waals surface area (Å²) in [6.45, 7) is 4.04. The van der Waals surface area contributed by atoms with Gasteiger partial charge in [-0.25, -0.2) is 4.79 Å². The van der Waals surface area contributed by atoms with E-state index in [1.165, 1.54) is 7.11 Å². The lowest BCUT2D eigenvalue weighted by Gasteiger charge is -2.46. The van der Waals surface area contributed by atoms with Crippen LogP contribution in [0.1, 0.15) is 38.2 Å². The maximum Gasteiger partial charge on any atom is 0.323 e. The number of amides is 3. The summed E-state index contributed by atoms with van der Waals surface area (Å²) in [7, 11) is 1.43. The third-order valence-electron chi connectivity index (χ3n) is 5.73. The van der Waals surface area contributed by atoms with E-state index >= 15 is 0 Å². The molecule has 9 heteroatoms. The molecule has 3 amide bonds. The number of allylic oxidation sites excluding steroid dienone is 2. The number of ether oxygens (including phenoxy) is 1. The maximum atomic E-state index is 13.2. The number of urea groups is 1. The summed E-state index contributed by atoms with van der Waals surface area (Å²) in [5.41, 5.74) is 1.72. The van der Waals surface area contributed by atoms with Crippen LogP contribution in [0.15, 0.2) is 27.9 Å². The number of fused-ring (bicyclic) bond motifs is 1. The zero-order valence-electron chi connectivity index (χ0n) is 16.3. The largest absolute Gasteiger partial charge is 0.503 e. The lowest BCUT2D eigenvalue weighted by Crippen LogP contribution is -2.66. The predicted molar refractivity (Wildman–Crippen MR) is 107 cm³/mol. The zero-order valence-corrected chi connectivity index (χ0v) is 17.8. The SMILES string of the molecule is COc1cc(C2C3=C(CC(C)(C)CC3=O)NC3NC(=O)NC(=O)C32)cc(Br)c1O. The number of ketones is 1. The lowest BCUT2D eigenvalue weighted by atomic mass is 9.66. The number of carbonyl (C=O) groups is 3. The van der Waals surface area contributed by atoms with E-state index in [1.807, 2.05) is 13.8 Å². The van der Waals surface area contributed by atoms with Crippen molar-refractivity contribution in [1.82, 2.24) is 16.0 Å². The number of Topliss-reactive ketones (excluding diaryl/α,β-unsaturated/α-hetero) is 1. The number of methoxy groups -OCH3 is 1. The van der Waals surface area contributed by atoms with Gasteiger partial charge in [-0.2, -0.15) is 0 Å². The van der Waals surface area contributed by atoms with Crippen LogP contribution in [0.4, 0.5) is 4.79 Å². The molecule has 1 aromatic carbocycles. The molecule has 2 heterocycles. The van der Waals surface area contributed by atoms with Crippen molar-refractivity contribution in [2.45, 2.75) is 38.8 Å². The molecule has 0 saturated carbocycles. The van der Waals surface area contributed by atoms with Crippen LogP contribution in [0.25, 0.3) is 0 Å². The standard InChI is InChI=1S/C20H22BrN3O5/c1-20(2)6-10-14(11(25)7-20)13(8-4-9(21)16(26)12(5-8)29-3)15-17(22-10)23-19(28)24-18(15)27/h4-5,13,15,17,22,26H,6-7H2,1-3H3,(H2,23,24,27,28). The van der Waals surface area contributed by atoms with Gasteiger partial charge in [-0.05, 0) is 45.5 Å². The van der Waals surface area contributed by atoms with E-state index in [-0.39, 0.29) is 22.7 Å². The van der Waals surface area contributed by atoms with Crippen molar-refractivity contribution in [2.24, 2.45) is 11.3 Å². The normalized spacial score (nSPS) is 28.0. The van der Waals surface area contributed by atoms with Crippen LogP contribution in [0, 0.1) is 11.3 Å². The van der Waals surface area contributed by atoms with Crippen LogP contribution in [0.2, 0.25) is 0 Å². The Balaban J connectivity index is 1.92. The Labute approximate surface area is 176 Å². The average molecular weight is 464 g/mol. The average Bonchev–Trinajstić information content (AvgIpc) is 2.60. The van der Waals surface area contributed by atoms with Gasteiger partial charge in [0.2, 0.25) is 5.91 Å². The first-order valence-electron chi connectivity index (χ1n) is 9.32. The number of halogens is 1. The van der Waals surface area contributed by atoms with Crippen molar-refractivity contribution in [2.75, 3.05) is 7.11 Å². The number of nitrogens with one attached hydrogen (secondary N) is 3. The summed E-state index contributed by atoms with van der Waals surface area (Å²) in [5, 5.41) is 18.5. The van der Waals surface area contributed by atoms with Gasteiger partial charge in [0.1, 0.15) is 6.17 Å². The van der Waals surface area contributed by atoms with Gasteiger partial charge >= 0.3 is 6.03 Å². The van der Waals surface area contributed by atoms with Crippen LogP contribution in [-0.4, -0.2) is 36.1 Å². The Hall–Kier alpha value is -2.55. The van der Waals surface area contributed by atoms with Crippen LogP contribution >= 0.6 is 15.9 Å². The molecule has 3 aliphatic rings. The first-order chi connectivity index (χ1) is 13.6. The second-order valence-electron chi connectivity index (χ2n) is 8.47. The van der Waals surface area contributed by atoms with Crippen LogP contribution < -0.4 is 20.7 Å². The molecule has 4 N–H and O–H groups in total. The molecule has 1 aliphatic carbocycles. The van der Waals surface area contributed by atoms with E-state index in [9.17, 15) is 19.5 Å². The van der Waals surface area contributed by atoms with Crippen molar-refractivity contribution in [3.8, 4) is 11.5 Å². The highest BCUT2D eigenvalue weighted by atomic mass is 79.9. The number of benzene rings is 1. The molecule has 1 aromatic rings. The molecule has 2 aliphatic heterocycles. The van der Waals surface area contributed by atoms with Crippen molar-refractivity contribution >= 4 is 33.7 Å². The number of carbonyl (C=O) groups excluding carboxylic acids is 3. The fourth-order valence-electron chi connectivity index (χ4n) is 4.58. The molecule has 3 unspecified atom stereocenters. The molecular weight excluding hydrogens is 442 g/mol. The number of hydrogen-bond donors (Lipinski definition) is 4. The van der Waals surface area contributed by atoms with Gasteiger partial charge in [0.05, 0.1) is 17.5 Å². The summed E-state index contributed by atoms with van der Waals surface area (Å²) >= 11 is 3.32. The Kier molecular flexibility index (Phi) is 4.60. The smallest absolute Gasteiger partial charge is 0.323 e. The lowest BCUT2D eigenvalue weighted by molar-refractivity contribution is -0.127. The summed E-state index contributed by atoms with van der Waals surface area (Å²) in [6, 6.07) is 2.75. The Morgan fingerprint density at radius 1 is 1.17 bits per heavy atom. The first kappa shape index (κ1) is 19.8. The number of phenolic OH excluding ortho intramolecular Hbond substituents is 1. The fraction of sp³-hybridized carbons (Fsp3) is 0.450. The van der Waals surface area contributed by atoms with Gasteiger partial charge < -0.3 is 20.5 Å². The topological polar surface area (TPSA) is 117 Å². The van der Waals surface area contributed by atoms with Crippen LogP contribution in [0.5, 0.6) is 11.5 Å². The number of rotatable bonds is 2. The molecule has 29 heavy (non-hydrogen) atoms. The number of phenols is 1. The zero-order chi connectivity index (χ0) is 21.1. The molecule has 0 radical (unpaired) electrons. The highest BCUT2D eigenvalue weighted by Gasteiger charge is 2.51. The van der Waals surface area contributed by atoms with Crippen molar-refractivity contribution in [3.05, 3.63) is 33.4 Å². The molecule has 1 fully saturated rings. The summed E-state index contributed by atoms with van der Waals surface area (Å²) in [6.07, 6.45) is 0.355. The number of hydrogen-bond acceptors (Lipinski definition) is 6. The molecule has 4 rings (SSSR count). The molecule has 0 spiro atoms. The van der Waals surface area contributed by atoms with E-state index in [1.54, 1.807) is 12.1 Å². The van der Waals surface area contributed by atoms with Crippen LogP contribution in [-0.2, 0) is 9.59 Å². The van der Waals surface area contributed by atoms with Gasteiger partial charge in [0.25, 0.3) is 0 Å². The fourth-order valence-corrected chi connectivity index (χ4v) is 5.04. The second kappa shape index (κ2) is 6.76. The third-order valence-corrected chi connectivity index (χ3v) is 6.34. The summed E-state index contributed by atoms with van der Waals surface area (Å²) < 4.78 is 5.66. The number of aromatic hydroxyl groups is 1. The van der Waals surface area contributed by atoms with Crippen molar-refractivity contribution in [3.63, 3.8) is 0 Å². The molecule has 154 valence electrons.